The van der Waals surface area contributed by atoms with Crippen molar-refractivity contribution in [2.24, 2.45) is 0 Å². The maximum atomic E-state index is 12.4. The Bertz CT molecular complexity index is 1120. The summed E-state index contributed by atoms with van der Waals surface area (Å²) >= 11 is 0. The highest BCUT2D eigenvalue weighted by atomic mass is 16.6. The summed E-state index contributed by atoms with van der Waals surface area (Å²) in [5.74, 6) is 1.60. The van der Waals surface area contributed by atoms with E-state index in [0.29, 0.717) is 13.2 Å². The second kappa shape index (κ2) is 12.1. The summed E-state index contributed by atoms with van der Waals surface area (Å²) in [6.07, 6.45) is 4.44. The van der Waals surface area contributed by atoms with Crippen molar-refractivity contribution in [2.45, 2.75) is 26.2 Å². The summed E-state index contributed by atoms with van der Waals surface area (Å²) in [7, 11) is 1.68. The minimum absolute atomic E-state index is 0.197. The van der Waals surface area contributed by atoms with Crippen LogP contribution in [0.5, 0.6) is 5.75 Å². The highest BCUT2D eigenvalue weighted by Crippen LogP contribution is 2.31. The van der Waals surface area contributed by atoms with Gasteiger partial charge < -0.3 is 24.6 Å². The molecule has 35 heavy (non-hydrogen) atoms. The first-order valence-electron chi connectivity index (χ1n) is 12.3. The van der Waals surface area contributed by atoms with Crippen LogP contribution in [0, 0.1) is 0 Å². The Kier molecular flexibility index (Phi) is 8.44. The molecule has 0 atom stereocenters. The molecule has 1 amide bonds. The van der Waals surface area contributed by atoms with Crippen LogP contribution < -0.4 is 15.0 Å². The Balaban J connectivity index is 1.42. The normalized spacial score (nSPS) is 13.8. The molecule has 0 radical (unpaired) electrons. The zero-order valence-electron chi connectivity index (χ0n) is 20.6. The molecule has 184 valence electrons. The maximum absolute atomic E-state index is 12.4. The summed E-state index contributed by atoms with van der Waals surface area (Å²) in [4.78, 5) is 21.0. The number of aromatic nitrogens is 1. The number of hydrogen-bond acceptors (Lipinski definition) is 6. The average Bonchev–Trinajstić information content (AvgIpc) is 3.16. The van der Waals surface area contributed by atoms with E-state index >= 15 is 0 Å². The number of para-hydroxylation sites is 1. The van der Waals surface area contributed by atoms with Gasteiger partial charge in [-0.1, -0.05) is 37.6 Å². The third kappa shape index (κ3) is 6.44. The van der Waals surface area contributed by atoms with Crippen LogP contribution in [0.15, 0.2) is 66.9 Å². The number of nitrogens with zero attached hydrogens (tertiary/aromatic N) is 3. The number of pyridine rings is 1. The summed E-state index contributed by atoms with van der Waals surface area (Å²) in [6.45, 7) is 5.63. The molecule has 2 aromatic carbocycles. The molecule has 0 unspecified atom stereocenters. The van der Waals surface area contributed by atoms with Crippen LogP contribution in [0.25, 0.3) is 11.1 Å². The van der Waals surface area contributed by atoms with Crippen LogP contribution >= 0.6 is 0 Å². The predicted molar refractivity (Wildman–Crippen MR) is 141 cm³/mol. The summed E-state index contributed by atoms with van der Waals surface area (Å²) in [6, 6.07) is 20.3. The Hall–Kier alpha value is -3.74. The van der Waals surface area contributed by atoms with Crippen molar-refractivity contribution < 1.29 is 14.3 Å². The zero-order valence-corrected chi connectivity index (χ0v) is 20.6. The number of rotatable bonds is 8. The molecule has 1 fully saturated rings. The number of anilines is 3. The fraction of sp³-hybridized carbons (Fsp3) is 0.357. The van der Waals surface area contributed by atoms with Gasteiger partial charge in [-0.25, -0.2) is 9.78 Å². The van der Waals surface area contributed by atoms with Crippen molar-refractivity contribution in [1.29, 1.82) is 0 Å². The van der Waals surface area contributed by atoms with Crippen LogP contribution in [0.3, 0.4) is 0 Å². The molecule has 0 spiro atoms. The predicted octanol–water partition coefficient (Wildman–Crippen LogP) is 5.95. The third-order valence-electron chi connectivity index (χ3n) is 6.14. The van der Waals surface area contributed by atoms with E-state index in [9.17, 15) is 4.79 Å². The number of amides is 1. The highest BCUT2D eigenvalue weighted by Gasteiger charge is 2.20. The minimum atomic E-state index is -0.197. The summed E-state index contributed by atoms with van der Waals surface area (Å²) in [5, 5.41) is 3.44. The molecule has 2 heterocycles. The number of methoxy groups -OCH3 is 1. The maximum Gasteiger partial charge on any atom is 0.409 e. The van der Waals surface area contributed by atoms with Crippen molar-refractivity contribution in [2.75, 3.05) is 50.1 Å². The number of nitrogens with one attached hydrogen (secondary N) is 1. The molecule has 1 aliphatic heterocycles. The topological polar surface area (TPSA) is 66.9 Å². The molecule has 1 aliphatic rings. The van der Waals surface area contributed by atoms with E-state index in [-0.39, 0.29) is 6.09 Å². The van der Waals surface area contributed by atoms with Crippen LogP contribution in [0.1, 0.15) is 26.2 Å². The number of carbonyl (C=O) groups is 1. The lowest BCUT2D eigenvalue weighted by molar-refractivity contribution is 0.103. The molecule has 1 N–H and O–H groups in total. The second-order valence-electron chi connectivity index (χ2n) is 8.60. The van der Waals surface area contributed by atoms with E-state index in [1.807, 2.05) is 53.4 Å². The molecule has 0 bridgehead atoms. The number of benzene rings is 2. The fourth-order valence-electron chi connectivity index (χ4n) is 4.23. The lowest BCUT2D eigenvalue weighted by Crippen LogP contribution is -2.35. The van der Waals surface area contributed by atoms with Crippen molar-refractivity contribution in [3.05, 3.63) is 66.9 Å². The van der Waals surface area contributed by atoms with Crippen molar-refractivity contribution >= 4 is 23.3 Å². The minimum Gasteiger partial charge on any atom is -0.496 e. The van der Waals surface area contributed by atoms with Gasteiger partial charge in [0.2, 0.25) is 0 Å². The van der Waals surface area contributed by atoms with Crippen molar-refractivity contribution in [1.82, 2.24) is 9.88 Å². The molecule has 1 saturated heterocycles. The fourth-order valence-corrected chi connectivity index (χ4v) is 4.23. The average molecular weight is 475 g/mol. The van der Waals surface area contributed by atoms with Gasteiger partial charge in [-0.3, -0.25) is 0 Å². The van der Waals surface area contributed by atoms with Gasteiger partial charge in [0, 0.05) is 49.3 Å². The molecule has 0 saturated carbocycles. The van der Waals surface area contributed by atoms with Gasteiger partial charge in [-0.2, -0.15) is 0 Å². The van der Waals surface area contributed by atoms with Gasteiger partial charge in [0.1, 0.15) is 11.6 Å². The van der Waals surface area contributed by atoms with Crippen LogP contribution in [-0.4, -0.2) is 55.9 Å². The Morgan fingerprint density at radius 2 is 1.91 bits per heavy atom. The largest absolute Gasteiger partial charge is 0.496 e. The van der Waals surface area contributed by atoms with Crippen molar-refractivity contribution in [3.8, 4) is 16.9 Å². The standard InChI is InChI=1S/C28H34N4O3/c1-3-4-19-35-28(33)32-16-8-15-31(17-18-32)24-10-7-9-23(21-24)30-27-20-22(13-14-29-27)25-11-5-6-12-26(25)34-2/h5-7,9-14,20-21H,3-4,8,15-19H2,1-2H3,(H,29,30). The van der Waals surface area contributed by atoms with Crippen LogP contribution in [0.2, 0.25) is 0 Å². The van der Waals surface area contributed by atoms with Gasteiger partial charge in [-0.15, -0.1) is 0 Å². The number of ether oxygens (including phenoxy) is 2. The molecular weight excluding hydrogens is 440 g/mol. The molecule has 3 aromatic rings. The monoisotopic (exact) mass is 474 g/mol. The lowest BCUT2D eigenvalue weighted by Gasteiger charge is -2.24. The summed E-state index contributed by atoms with van der Waals surface area (Å²) < 4.78 is 10.9. The third-order valence-corrected chi connectivity index (χ3v) is 6.14. The first-order valence-corrected chi connectivity index (χ1v) is 12.3. The molecule has 1 aromatic heterocycles. The van der Waals surface area contributed by atoms with Crippen LogP contribution in [0.4, 0.5) is 22.0 Å². The molecule has 7 heteroatoms. The van der Waals surface area contributed by atoms with E-state index < -0.39 is 0 Å². The van der Waals surface area contributed by atoms with Gasteiger partial charge in [-0.05, 0) is 54.8 Å². The molecule has 0 aliphatic carbocycles. The second-order valence-corrected chi connectivity index (χ2v) is 8.60. The molecular formula is C28H34N4O3. The van der Waals surface area contributed by atoms with Crippen LogP contribution in [-0.2, 0) is 4.74 Å². The van der Waals surface area contributed by atoms with E-state index in [0.717, 1.165) is 73.0 Å². The Morgan fingerprint density at radius 1 is 1.03 bits per heavy atom. The lowest BCUT2D eigenvalue weighted by atomic mass is 10.1. The molecule has 4 rings (SSSR count). The number of carbonyl (C=O) groups excluding carboxylic acids is 1. The van der Waals surface area contributed by atoms with E-state index in [4.69, 9.17) is 9.47 Å². The zero-order chi connectivity index (χ0) is 24.5. The van der Waals surface area contributed by atoms with E-state index in [1.165, 1.54) is 0 Å². The van der Waals surface area contributed by atoms with Gasteiger partial charge >= 0.3 is 6.09 Å². The van der Waals surface area contributed by atoms with E-state index in [2.05, 4.69) is 34.3 Å². The smallest absolute Gasteiger partial charge is 0.409 e. The number of unbranched alkanes of at least 4 members (excludes halogenated alkanes) is 1. The SMILES string of the molecule is CCCCOC(=O)N1CCCN(c2cccc(Nc3cc(-c4ccccc4OC)ccn3)c2)CC1. The first-order chi connectivity index (χ1) is 17.2. The Morgan fingerprint density at radius 3 is 2.77 bits per heavy atom. The number of hydrogen-bond donors (Lipinski definition) is 1. The first kappa shape index (κ1) is 24.4. The van der Waals surface area contributed by atoms with Gasteiger partial charge in [0.25, 0.3) is 0 Å². The van der Waals surface area contributed by atoms with Gasteiger partial charge in [0.05, 0.1) is 13.7 Å². The Labute approximate surface area is 207 Å². The van der Waals surface area contributed by atoms with Crippen molar-refractivity contribution in [3.63, 3.8) is 0 Å². The quantitative estimate of drug-likeness (QED) is 0.407. The highest BCUT2D eigenvalue weighted by molar-refractivity contribution is 5.74. The van der Waals surface area contributed by atoms with E-state index in [1.54, 1.807) is 13.3 Å². The summed E-state index contributed by atoms with van der Waals surface area (Å²) in [5.41, 5.74) is 4.15. The molecule has 7 nitrogen and oxygen atoms in total. The van der Waals surface area contributed by atoms with Gasteiger partial charge in [0.15, 0.2) is 0 Å².